The standard InChI is InChI=1S/C26H32N6O4/c1-17-5-6-19-20(32(17)26(35)36)7-8-21-24(19)28-22(10-13-30-11-3-2-4-23(30)33)31(21)15-14-29-12-9-18(16-29)25(27)34/h2-4,7-8,11,17-18H,5-6,9-10,12-16H2,1H3,(H2,27,34)(H,35,36)/t17-,18-/m0/s1. The Balaban J connectivity index is 1.49. The molecule has 1 saturated heterocycles. The van der Waals surface area contributed by atoms with Crippen molar-refractivity contribution in [1.29, 1.82) is 0 Å². The molecule has 2 aliphatic rings. The van der Waals surface area contributed by atoms with Crippen LogP contribution in [0.3, 0.4) is 0 Å². The van der Waals surface area contributed by atoms with E-state index in [1.165, 1.54) is 4.90 Å². The van der Waals surface area contributed by atoms with Gasteiger partial charge in [-0.2, -0.15) is 0 Å². The summed E-state index contributed by atoms with van der Waals surface area (Å²) in [7, 11) is 0. The molecule has 2 aliphatic heterocycles. The fourth-order valence-corrected chi connectivity index (χ4v) is 5.58. The number of carbonyl (C=O) groups is 2. The third kappa shape index (κ3) is 4.48. The van der Waals surface area contributed by atoms with Crippen molar-refractivity contribution in [2.45, 2.75) is 51.7 Å². The van der Waals surface area contributed by atoms with E-state index in [4.69, 9.17) is 10.7 Å². The normalized spacial score (nSPS) is 20.1. The summed E-state index contributed by atoms with van der Waals surface area (Å²) in [5.74, 6) is 0.508. The van der Waals surface area contributed by atoms with E-state index < -0.39 is 6.09 Å². The first-order valence-electron chi connectivity index (χ1n) is 12.5. The van der Waals surface area contributed by atoms with Crippen molar-refractivity contribution in [2.24, 2.45) is 11.7 Å². The Labute approximate surface area is 208 Å². The number of amides is 2. The van der Waals surface area contributed by atoms with Gasteiger partial charge in [-0.1, -0.05) is 6.07 Å². The van der Waals surface area contributed by atoms with E-state index in [2.05, 4.69) is 9.47 Å². The fraction of sp³-hybridized carbons (Fsp3) is 0.462. The Morgan fingerprint density at radius 1 is 1.14 bits per heavy atom. The number of aromatic nitrogens is 3. The third-order valence-corrected chi connectivity index (χ3v) is 7.59. The monoisotopic (exact) mass is 492 g/mol. The van der Waals surface area contributed by atoms with E-state index in [-0.39, 0.29) is 23.4 Å². The molecular formula is C26H32N6O4. The number of fused-ring (bicyclic) bond motifs is 3. The zero-order valence-corrected chi connectivity index (χ0v) is 20.5. The van der Waals surface area contributed by atoms with Gasteiger partial charge >= 0.3 is 6.09 Å². The molecular weight excluding hydrogens is 460 g/mol. The van der Waals surface area contributed by atoms with Crippen LogP contribution >= 0.6 is 0 Å². The van der Waals surface area contributed by atoms with Gasteiger partial charge in [-0.25, -0.2) is 9.78 Å². The number of pyridine rings is 1. The summed E-state index contributed by atoms with van der Waals surface area (Å²) >= 11 is 0. The Morgan fingerprint density at radius 3 is 2.69 bits per heavy atom. The van der Waals surface area contributed by atoms with Crippen LogP contribution in [-0.4, -0.2) is 61.8 Å². The number of hydrogen-bond donors (Lipinski definition) is 2. The minimum atomic E-state index is -0.955. The molecule has 2 atom stereocenters. The molecule has 3 N–H and O–H groups in total. The van der Waals surface area contributed by atoms with E-state index in [1.807, 2.05) is 25.1 Å². The molecule has 36 heavy (non-hydrogen) atoms. The molecule has 0 unspecified atom stereocenters. The van der Waals surface area contributed by atoms with Crippen LogP contribution < -0.4 is 16.2 Å². The molecule has 0 radical (unpaired) electrons. The summed E-state index contributed by atoms with van der Waals surface area (Å²) in [6.07, 6.45) is 3.67. The molecule has 190 valence electrons. The Morgan fingerprint density at radius 2 is 1.97 bits per heavy atom. The smallest absolute Gasteiger partial charge is 0.412 e. The van der Waals surface area contributed by atoms with E-state index in [0.29, 0.717) is 31.7 Å². The summed E-state index contributed by atoms with van der Waals surface area (Å²) in [5.41, 5.74) is 8.91. The number of benzene rings is 1. The number of carbonyl (C=O) groups excluding carboxylic acids is 1. The van der Waals surface area contributed by atoms with Gasteiger partial charge in [0.05, 0.1) is 22.6 Å². The highest BCUT2D eigenvalue weighted by Gasteiger charge is 2.31. The number of nitrogens with two attached hydrogens (primary N) is 1. The first-order valence-corrected chi connectivity index (χ1v) is 12.5. The van der Waals surface area contributed by atoms with Crippen molar-refractivity contribution >= 4 is 28.7 Å². The van der Waals surface area contributed by atoms with Crippen molar-refractivity contribution < 1.29 is 14.7 Å². The number of carboxylic acid groups (broad SMARTS) is 1. The SMILES string of the molecule is C[C@H]1CCc2c(ccc3c2nc(CCn2ccccc2=O)n3CCN2CC[C@H](C(N)=O)C2)N1C(=O)O. The van der Waals surface area contributed by atoms with Crippen LogP contribution in [0.2, 0.25) is 0 Å². The average molecular weight is 493 g/mol. The zero-order chi connectivity index (χ0) is 25.4. The van der Waals surface area contributed by atoms with Gasteiger partial charge in [-0.3, -0.25) is 14.5 Å². The molecule has 0 saturated carbocycles. The molecule has 10 heteroatoms. The number of imidazole rings is 1. The molecule has 1 aromatic carbocycles. The summed E-state index contributed by atoms with van der Waals surface area (Å²) in [4.78, 5) is 44.5. The molecule has 0 spiro atoms. The van der Waals surface area contributed by atoms with E-state index in [9.17, 15) is 19.5 Å². The maximum absolute atomic E-state index is 12.2. The fourth-order valence-electron chi connectivity index (χ4n) is 5.58. The molecule has 2 amide bonds. The largest absolute Gasteiger partial charge is 0.465 e. The zero-order valence-electron chi connectivity index (χ0n) is 20.5. The van der Waals surface area contributed by atoms with Gasteiger partial charge in [0, 0.05) is 56.5 Å². The van der Waals surface area contributed by atoms with Gasteiger partial charge in [0.1, 0.15) is 5.82 Å². The predicted molar refractivity (Wildman–Crippen MR) is 136 cm³/mol. The first kappa shape index (κ1) is 24.1. The van der Waals surface area contributed by atoms with Crippen LogP contribution in [-0.2, 0) is 30.7 Å². The predicted octanol–water partition coefficient (Wildman–Crippen LogP) is 2.07. The lowest BCUT2D eigenvalue weighted by atomic mass is 9.96. The van der Waals surface area contributed by atoms with Crippen LogP contribution in [0.1, 0.15) is 31.2 Å². The molecule has 4 heterocycles. The van der Waals surface area contributed by atoms with Gasteiger partial charge in [-0.05, 0) is 50.9 Å². The average Bonchev–Trinajstić information content (AvgIpc) is 3.46. The number of hydrogen-bond acceptors (Lipinski definition) is 5. The van der Waals surface area contributed by atoms with Gasteiger partial charge in [0.2, 0.25) is 5.91 Å². The number of nitrogens with zero attached hydrogens (tertiary/aromatic N) is 5. The molecule has 2 aromatic heterocycles. The van der Waals surface area contributed by atoms with Crippen LogP contribution in [0, 0.1) is 5.92 Å². The lowest BCUT2D eigenvalue weighted by molar-refractivity contribution is -0.121. The van der Waals surface area contributed by atoms with Crippen molar-refractivity contribution in [3.05, 3.63) is 58.3 Å². The second-order valence-corrected chi connectivity index (χ2v) is 9.82. The topological polar surface area (TPSA) is 127 Å². The Hall–Kier alpha value is -3.66. The van der Waals surface area contributed by atoms with Gasteiger partial charge < -0.3 is 24.9 Å². The summed E-state index contributed by atoms with van der Waals surface area (Å²) in [5, 5.41) is 9.82. The highest BCUT2D eigenvalue weighted by atomic mass is 16.4. The van der Waals surface area contributed by atoms with Crippen molar-refractivity contribution in [3.8, 4) is 0 Å². The summed E-state index contributed by atoms with van der Waals surface area (Å²) in [6.45, 7) is 5.35. The number of rotatable bonds is 7. The van der Waals surface area contributed by atoms with Gasteiger partial charge in [0.15, 0.2) is 0 Å². The highest BCUT2D eigenvalue weighted by molar-refractivity contribution is 5.94. The summed E-state index contributed by atoms with van der Waals surface area (Å²) in [6, 6.07) is 8.87. The molecule has 5 rings (SSSR count). The first-order chi connectivity index (χ1) is 17.3. The van der Waals surface area contributed by atoms with Crippen LogP contribution in [0.5, 0.6) is 0 Å². The van der Waals surface area contributed by atoms with E-state index >= 15 is 0 Å². The second kappa shape index (κ2) is 9.77. The van der Waals surface area contributed by atoms with Crippen molar-refractivity contribution in [3.63, 3.8) is 0 Å². The molecule has 10 nitrogen and oxygen atoms in total. The van der Waals surface area contributed by atoms with Crippen molar-refractivity contribution in [2.75, 3.05) is 24.5 Å². The van der Waals surface area contributed by atoms with Crippen LogP contribution in [0.25, 0.3) is 11.0 Å². The maximum atomic E-state index is 12.2. The van der Waals surface area contributed by atoms with E-state index in [1.54, 1.807) is 22.9 Å². The molecule has 0 aliphatic carbocycles. The van der Waals surface area contributed by atoms with Gasteiger partial charge in [0.25, 0.3) is 5.56 Å². The molecule has 3 aromatic rings. The van der Waals surface area contributed by atoms with Gasteiger partial charge in [-0.15, -0.1) is 0 Å². The van der Waals surface area contributed by atoms with Crippen molar-refractivity contribution in [1.82, 2.24) is 19.0 Å². The molecule has 0 bridgehead atoms. The number of primary amides is 1. The quantitative estimate of drug-likeness (QED) is 0.520. The minimum Gasteiger partial charge on any atom is -0.465 e. The van der Waals surface area contributed by atoms with Crippen LogP contribution in [0.4, 0.5) is 10.5 Å². The summed E-state index contributed by atoms with van der Waals surface area (Å²) < 4.78 is 3.86. The lowest BCUT2D eigenvalue weighted by Crippen LogP contribution is -2.41. The maximum Gasteiger partial charge on any atom is 0.412 e. The second-order valence-electron chi connectivity index (χ2n) is 9.82. The number of aryl methyl sites for hydroxylation is 3. The highest BCUT2D eigenvalue weighted by Crippen LogP contribution is 2.36. The van der Waals surface area contributed by atoms with Crippen LogP contribution in [0.15, 0.2) is 41.3 Å². The molecule has 1 fully saturated rings. The lowest BCUT2D eigenvalue weighted by Gasteiger charge is -2.33. The minimum absolute atomic E-state index is 0.0572. The number of anilines is 1. The Bertz CT molecular complexity index is 1360. The third-order valence-electron chi connectivity index (χ3n) is 7.59. The van der Waals surface area contributed by atoms with E-state index in [0.717, 1.165) is 54.8 Å². The number of likely N-dealkylation sites (tertiary alicyclic amines) is 1. The Kier molecular flexibility index (Phi) is 6.53.